The average molecular weight is 227 g/mol. The van der Waals surface area contributed by atoms with Crippen molar-refractivity contribution in [3.63, 3.8) is 0 Å². The summed E-state index contributed by atoms with van der Waals surface area (Å²) in [6.45, 7) is 1.80. The molecule has 0 saturated heterocycles. The number of carboxylic acids is 1. The van der Waals surface area contributed by atoms with E-state index < -0.39 is 5.97 Å². The quantitative estimate of drug-likeness (QED) is 0.807. The number of rotatable bonds is 1. The van der Waals surface area contributed by atoms with Crippen molar-refractivity contribution >= 4 is 39.0 Å². The minimum absolute atomic E-state index is 0.344. The summed E-state index contributed by atoms with van der Waals surface area (Å²) in [7, 11) is 0. The van der Waals surface area contributed by atoms with Crippen molar-refractivity contribution in [3.8, 4) is 0 Å². The lowest BCUT2D eigenvalue weighted by atomic mass is 10.1. The van der Waals surface area contributed by atoms with E-state index in [0.29, 0.717) is 9.90 Å². The van der Waals surface area contributed by atoms with E-state index in [1.807, 2.05) is 6.07 Å². The first kappa shape index (κ1) is 9.49. The Labute approximate surface area is 89.7 Å². The second-order valence-corrected chi connectivity index (χ2v) is 4.70. The third kappa shape index (κ3) is 1.38. The van der Waals surface area contributed by atoms with E-state index >= 15 is 0 Å². The lowest BCUT2D eigenvalue weighted by Crippen LogP contribution is -1.98. The summed E-state index contributed by atoms with van der Waals surface area (Å²) in [5.41, 5.74) is 1.13. The monoisotopic (exact) mass is 226 g/mol. The molecule has 72 valence electrons. The van der Waals surface area contributed by atoms with E-state index in [2.05, 4.69) is 0 Å². The number of aromatic carboxylic acids is 1. The minimum Gasteiger partial charge on any atom is -0.478 e. The number of hydrogen-bond donors (Lipinski definition) is 1. The van der Waals surface area contributed by atoms with Crippen LogP contribution in [0.3, 0.4) is 0 Å². The molecule has 0 atom stereocenters. The SMILES string of the molecule is Cc1c(C(=O)O)ccc2cc(Cl)sc12. The van der Waals surface area contributed by atoms with Gasteiger partial charge in [-0.15, -0.1) is 11.3 Å². The van der Waals surface area contributed by atoms with Crippen molar-refractivity contribution in [1.82, 2.24) is 0 Å². The fourth-order valence-electron chi connectivity index (χ4n) is 1.44. The van der Waals surface area contributed by atoms with Gasteiger partial charge in [0.2, 0.25) is 0 Å². The number of carbonyl (C=O) groups is 1. The molecule has 1 N–H and O–H groups in total. The van der Waals surface area contributed by atoms with E-state index in [1.54, 1.807) is 19.1 Å². The van der Waals surface area contributed by atoms with Gasteiger partial charge in [0.25, 0.3) is 0 Å². The van der Waals surface area contributed by atoms with Crippen LogP contribution >= 0.6 is 22.9 Å². The molecule has 0 aliphatic heterocycles. The fourth-order valence-corrected chi connectivity index (χ4v) is 2.68. The summed E-state index contributed by atoms with van der Waals surface area (Å²) in [5, 5.41) is 9.91. The van der Waals surface area contributed by atoms with Gasteiger partial charge in [-0.25, -0.2) is 4.79 Å². The first-order chi connectivity index (χ1) is 6.59. The fraction of sp³-hybridized carbons (Fsp3) is 0.100. The summed E-state index contributed by atoms with van der Waals surface area (Å²) in [5.74, 6) is -0.895. The van der Waals surface area contributed by atoms with Crippen LogP contribution in [0, 0.1) is 6.92 Å². The zero-order valence-corrected chi connectivity index (χ0v) is 8.95. The van der Waals surface area contributed by atoms with E-state index in [0.717, 1.165) is 15.6 Å². The Bertz CT molecular complexity index is 516. The predicted octanol–water partition coefficient (Wildman–Crippen LogP) is 3.56. The number of carboxylic acid groups (broad SMARTS) is 1. The van der Waals surface area contributed by atoms with Gasteiger partial charge in [0, 0.05) is 4.70 Å². The van der Waals surface area contributed by atoms with Crippen molar-refractivity contribution in [2.45, 2.75) is 6.92 Å². The minimum atomic E-state index is -0.895. The van der Waals surface area contributed by atoms with Crippen LogP contribution < -0.4 is 0 Å². The highest BCUT2D eigenvalue weighted by molar-refractivity contribution is 7.22. The number of benzene rings is 1. The van der Waals surface area contributed by atoms with Gasteiger partial charge in [-0.2, -0.15) is 0 Å². The van der Waals surface area contributed by atoms with Crippen molar-refractivity contribution in [2.75, 3.05) is 0 Å². The predicted molar refractivity (Wildman–Crippen MR) is 58.5 cm³/mol. The smallest absolute Gasteiger partial charge is 0.336 e. The van der Waals surface area contributed by atoms with E-state index in [4.69, 9.17) is 16.7 Å². The molecule has 0 saturated carbocycles. The van der Waals surface area contributed by atoms with Crippen molar-refractivity contribution < 1.29 is 9.90 Å². The Morgan fingerprint density at radius 3 is 2.86 bits per heavy atom. The molecule has 0 aliphatic carbocycles. The number of fused-ring (bicyclic) bond motifs is 1. The molecule has 1 aromatic carbocycles. The Balaban J connectivity index is 2.80. The highest BCUT2D eigenvalue weighted by Gasteiger charge is 2.11. The molecule has 0 bridgehead atoms. The molecule has 14 heavy (non-hydrogen) atoms. The highest BCUT2D eigenvalue weighted by atomic mass is 35.5. The lowest BCUT2D eigenvalue weighted by molar-refractivity contribution is 0.0696. The maximum absolute atomic E-state index is 10.8. The second kappa shape index (κ2) is 3.26. The molecule has 2 rings (SSSR count). The maximum Gasteiger partial charge on any atom is 0.336 e. The largest absolute Gasteiger partial charge is 0.478 e. The maximum atomic E-state index is 10.8. The van der Waals surface area contributed by atoms with Crippen LogP contribution in [0.15, 0.2) is 18.2 Å². The molecule has 2 aromatic rings. The summed E-state index contributed by atoms with van der Waals surface area (Å²) in [4.78, 5) is 10.8. The summed E-state index contributed by atoms with van der Waals surface area (Å²) >= 11 is 7.27. The van der Waals surface area contributed by atoms with Crippen LogP contribution in [0.5, 0.6) is 0 Å². The third-order valence-corrected chi connectivity index (χ3v) is 3.53. The molecule has 0 aliphatic rings. The molecule has 1 aromatic heterocycles. The van der Waals surface area contributed by atoms with E-state index in [9.17, 15) is 4.79 Å². The normalized spacial score (nSPS) is 10.7. The molecule has 0 amide bonds. The molecule has 0 spiro atoms. The highest BCUT2D eigenvalue weighted by Crippen LogP contribution is 2.33. The van der Waals surface area contributed by atoms with Crippen LogP contribution in [0.1, 0.15) is 15.9 Å². The molecule has 0 fully saturated rings. The molecule has 4 heteroatoms. The van der Waals surface area contributed by atoms with Gasteiger partial charge in [0.05, 0.1) is 9.90 Å². The summed E-state index contributed by atoms with van der Waals surface area (Å²) in [6, 6.07) is 5.25. The Kier molecular flexibility index (Phi) is 2.21. The molecule has 2 nitrogen and oxygen atoms in total. The Hall–Kier alpha value is -1.06. The summed E-state index contributed by atoms with van der Waals surface area (Å²) in [6.07, 6.45) is 0. The first-order valence-electron chi connectivity index (χ1n) is 4.01. The van der Waals surface area contributed by atoms with Gasteiger partial charge in [-0.3, -0.25) is 0 Å². The van der Waals surface area contributed by atoms with Gasteiger partial charge in [-0.05, 0) is 30.0 Å². The topological polar surface area (TPSA) is 37.3 Å². The number of halogens is 1. The van der Waals surface area contributed by atoms with E-state index in [1.165, 1.54) is 11.3 Å². The van der Waals surface area contributed by atoms with Crippen LogP contribution in [-0.2, 0) is 0 Å². The number of hydrogen-bond acceptors (Lipinski definition) is 2. The number of thiophene rings is 1. The molecule has 0 unspecified atom stereocenters. The van der Waals surface area contributed by atoms with Crippen LogP contribution in [-0.4, -0.2) is 11.1 Å². The van der Waals surface area contributed by atoms with Crippen molar-refractivity contribution in [3.05, 3.63) is 33.7 Å². The van der Waals surface area contributed by atoms with Crippen LogP contribution in [0.25, 0.3) is 10.1 Å². The lowest BCUT2D eigenvalue weighted by Gasteiger charge is -2.00. The molecular formula is C10H7ClO2S. The second-order valence-electron chi connectivity index (χ2n) is 3.01. The van der Waals surface area contributed by atoms with Gasteiger partial charge in [0.1, 0.15) is 0 Å². The number of aryl methyl sites for hydroxylation is 1. The van der Waals surface area contributed by atoms with Crippen LogP contribution in [0.4, 0.5) is 0 Å². The standard InChI is InChI=1S/C10H7ClO2S/c1-5-7(10(12)13)3-2-6-4-8(11)14-9(5)6/h2-4H,1H3,(H,12,13). The van der Waals surface area contributed by atoms with Crippen molar-refractivity contribution in [2.24, 2.45) is 0 Å². The van der Waals surface area contributed by atoms with Gasteiger partial charge in [-0.1, -0.05) is 17.7 Å². The van der Waals surface area contributed by atoms with Gasteiger partial charge in [0.15, 0.2) is 0 Å². The molecule has 1 heterocycles. The first-order valence-corrected chi connectivity index (χ1v) is 5.21. The van der Waals surface area contributed by atoms with Crippen molar-refractivity contribution in [1.29, 1.82) is 0 Å². The third-order valence-electron chi connectivity index (χ3n) is 2.14. The molecule has 0 radical (unpaired) electrons. The summed E-state index contributed by atoms with van der Waals surface area (Å²) < 4.78 is 1.64. The van der Waals surface area contributed by atoms with E-state index in [-0.39, 0.29) is 0 Å². The zero-order valence-electron chi connectivity index (χ0n) is 7.37. The average Bonchev–Trinajstić information content (AvgIpc) is 2.46. The molecular weight excluding hydrogens is 220 g/mol. The Morgan fingerprint density at radius 2 is 2.21 bits per heavy atom. The van der Waals surface area contributed by atoms with Gasteiger partial charge >= 0.3 is 5.97 Å². The Morgan fingerprint density at radius 1 is 1.50 bits per heavy atom. The van der Waals surface area contributed by atoms with Gasteiger partial charge < -0.3 is 5.11 Å². The van der Waals surface area contributed by atoms with Crippen LogP contribution in [0.2, 0.25) is 4.34 Å². The zero-order chi connectivity index (χ0) is 10.3.